The van der Waals surface area contributed by atoms with E-state index in [-0.39, 0.29) is 10.8 Å². The van der Waals surface area contributed by atoms with Gasteiger partial charge in [-0.3, -0.25) is 4.79 Å². The highest BCUT2D eigenvalue weighted by Gasteiger charge is 2.30. The number of methoxy groups -OCH3 is 1. The molecule has 0 spiro atoms. The number of hydrogen-bond donors (Lipinski definition) is 0. The number of aromatic nitrogens is 2. The number of aryl methyl sites for hydroxylation is 1. The minimum absolute atomic E-state index is 0.224. The Hall–Kier alpha value is -3.17. The molecule has 1 aromatic heterocycles. The molecule has 9 heteroatoms. The van der Waals surface area contributed by atoms with E-state index in [4.69, 9.17) is 4.74 Å². The van der Waals surface area contributed by atoms with E-state index in [1.807, 2.05) is 39.0 Å². The summed E-state index contributed by atoms with van der Waals surface area (Å²) in [6.07, 6.45) is 2.33. The maximum atomic E-state index is 13.3. The Bertz CT molecular complexity index is 1300. The molecule has 0 unspecified atom stereocenters. The molecule has 0 N–H and O–H groups in total. The minimum atomic E-state index is -3.55. The first kappa shape index (κ1) is 23.0. The number of nitrogens with zero attached hydrogens (tertiary/aromatic N) is 4. The van der Waals surface area contributed by atoms with E-state index in [0.29, 0.717) is 37.5 Å². The van der Waals surface area contributed by atoms with Crippen molar-refractivity contribution in [2.75, 3.05) is 31.6 Å². The van der Waals surface area contributed by atoms with Crippen molar-refractivity contribution in [2.24, 2.45) is 0 Å². The number of hydrogen-bond acceptors (Lipinski definition) is 5. The molecule has 1 aliphatic heterocycles. The third-order valence-electron chi connectivity index (χ3n) is 5.92. The van der Waals surface area contributed by atoms with Gasteiger partial charge in [0.05, 0.1) is 12.0 Å². The third-order valence-corrected chi connectivity index (χ3v) is 7.97. The van der Waals surface area contributed by atoms with Gasteiger partial charge in [-0.05, 0) is 60.9 Å². The van der Waals surface area contributed by atoms with Crippen molar-refractivity contribution in [3.05, 3.63) is 65.5 Å². The normalized spacial score (nSPS) is 13.4. The lowest BCUT2D eigenvalue weighted by Gasteiger charge is -2.20. The molecule has 1 amide bonds. The summed E-state index contributed by atoms with van der Waals surface area (Å²) in [4.78, 5) is 15.2. The van der Waals surface area contributed by atoms with E-state index in [1.54, 1.807) is 47.2 Å². The fourth-order valence-electron chi connectivity index (χ4n) is 4.15. The van der Waals surface area contributed by atoms with E-state index in [9.17, 15) is 13.2 Å². The fourth-order valence-corrected chi connectivity index (χ4v) is 5.66. The van der Waals surface area contributed by atoms with Crippen LogP contribution in [0.2, 0.25) is 0 Å². The van der Waals surface area contributed by atoms with Crippen LogP contribution >= 0.6 is 0 Å². The number of fused-ring (bicyclic) bond motifs is 1. The van der Waals surface area contributed by atoms with E-state index in [0.717, 1.165) is 22.5 Å². The lowest BCUT2D eigenvalue weighted by atomic mass is 10.2. The quantitative estimate of drug-likeness (QED) is 0.530. The van der Waals surface area contributed by atoms with E-state index >= 15 is 0 Å². The highest BCUT2D eigenvalue weighted by molar-refractivity contribution is 7.89. The van der Waals surface area contributed by atoms with E-state index in [2.05, 4.69) is 5.10 Å². The first-order valence-corrected chi connectivity index (χ1v) is 12.4. The molecule has 2 aromatic carbocycles. The third kappa shape index (κ3) is 4.14. The molecule has 0 radical (unpaired) electrons. The second-order valence-corrected chi connectivity index (χ2v) is 9.85. The Balaban J connectivity index is 1.61. The van der Waals surface area contributed by atoms with Crippen molar-refractivity contribution in [3.63, 3.8) is 0 Å². The van der Waals surface area contributed by atoms with Gasteiger partial charge in [-0.25, -0.2) is 13.1 Å². The van der Waals surface area contributed by atoms with Crippen LogP contribution in [0.15, 0.2) is 53.6 Å². The minimum Gasteiger partial charge on any atom is -0.494 e. The maximum Gasteiger partial charge on any atom is 0.278 e. The topological polar surface area (TPSA) is 84.7 Å². The van der Waals surface area contributed by atoms with E-state index < -0.39 is 10.0 Å². The summed E-state index contributed by atoms with van der Waals surface area (Å²) >= 11 is 0. The Morgan fingerprint density at radius 2 is 1.85 bits per heavy atom. The second kappa shape index (κ2) is 8.99. The monoisotopic (exact) mass is 468 g/mol. The van der Waals surface area contributed by atoms with Crippen LogP contribution in [0, 0.1) is 6.92 Å². The molecule has 8 nitrogen and oxygen atoms in total. The van der Waals surface area contributed by atoms with Crippen LogP contribution in [0.25, 0.3) is 5.69 Å². The fraction of sp³-hybridized carbons (Fsp3) is 0.333. The lowest BCUT2D eigenvalue weighted by molar-refractivity contribution is 0.0984. The zero-order valence-corrected chi connectivity index (χ0v) is 20.1. The molecular weight excluding hydrogens is 440 g/mol. The predicted octanol–water partition coefficient (Wildman–Crippen LogP) is 3.42. The van der Waals surface area contributed by atoms with Gasteiger partial charge >= 0.3 is 0 Å². The first-order valence-electron chi connectivity index (χ1n) is 11.0. The zero-order chi connectivity index (χ0) is 23.8. The summed E-state index contributed by atoms with van der Waals surface area (Å²) in [5, 5.41) is 4.49. The molecule has 0 fully saturated rings. The smallest absolute Gasteiger partial charge is 0.278 e. The van der Waals surface area contributed by atoms with Crippen molar-refractivity contribution in [3.8, 4) is 11.4 Å². The predicted molar refractivity (Wildman–Crippen MR) is 127 cm³/mol. The molecule has 0 saturated carbocycles. The molecule has 0 bridgehead atoms. The summed E-state index contributed by atoms with van der Waals surface area (Å²) in [5.74, 6) is 0.439. The van der Waals surface area contributed by atoms with Gasteiger partial charge in [-0.1, -0.05) is 19.9 Å². The number of rotatable bonds is 7. The molecule has 2 heterocycles. The maximum absolute atomic E-state index is 13.3. The Morgan fingerprint density at radius 3 is 2.55 bits per heavy atom. The average molecular weight is 469 g/mol. The van der Waals surface area contributed by atoms with Crippen molar-refractivity contribution < 1.29 is 17.9 Å². The van der Waals surface area contributed by atoms with Crippen LogP contribution < -0.4 is 9.64 Å². The summed E-state index contributed by atoms with van der Waals surface area (Å²) in [6, 6.07) is 12.4. The second-order valence-electron chi connectivity index (χ2n) is 7.91. The number of benzene rings is 2. The zero-order valence-electron chi connectivity index (χ0n) is 19.3. The number of amides is 1. The van der Waals surface area contributed by atoms with Gasteiger partial charge < -0.3 is 9.64 Å². The Morgan fingerprint density at radius 1 is 1.09 bits per heavy atom. The van der Waals surface area contributed by atoms with Gasteiger partial charge in [0.2, 0.25) is 10.0 Å². The molecule has 33 heavy (non-hydrogen) atoms. The SMILES string of the molecule is CCN(CC)S(=O)(=O)c1ccc2c(c1)CCN2C(=O)c1ccn(-c2cc(C)ccc2OC)n1. The van der Waals surface area contributed by atoms with Crippen LogP contribution in [0.4, 0.5) is 5.69 Å². The van der Waals surface area contributed by atoms with Gasteiger partial charge in [-0.2, -0.15) is 9.40 Å². The standard InChI is InChI=1S/C24H28N4O4S/c1-5-26(6-2)33(30,31)19-8-9-21-18(16-19)11-13-27(21)24(29)20-12-14-28(25-20)22-15-17(3)7-10-23(22)32-4/h7-10,12,14-16H,5-6,11,13H2,1-4H3. The average Bonchev–Trinajstić information content (AvgIpc) is 3.46. The van der Waals surface area contributed by atoms with Crippen molar-refractivity contribution in [1.82, 2.24) is 14.1 Å². The highest BCUT2D eigenvalue weighted by atomic mass is 32.2. The van der Waals surface area contributed by atoms with Gasteiger partial charge in [0.1, 0.15) is 11.4 Å². The van der Waals surface area contributed by atoms with Crippen LogP contribution in [0.3, 0.4) is 0 Å². The molecule has 0 atom stereocenters. The number of carbonyl (C=O) groups is 1. The number of ether oxygens (including phenoxy) is 1. The van der Waals surface area contributed by atoms with Gasteiger partial charge in [-0.15, -0.1) is 0 Å². The van der Waals surface area contributed by atoms with Gasteiger partial charge in [0.25, 0.3) is 5.91 Å². The molecule has 1 aliphatic rings. The molecule has 174 valence electrons. The van der Waals surface area contributed by atoms with Crippen molar-refractivity contribution in [1.29, 1.82) is 0 Å². The summed E-state index contributed by atoms with van der Waals surface area (Å²) in [6.45, 7) is 6.92. The summed E-state index contributed by atoms with van der Waals surface area (Å²) in [5.41, 5.74) is 3.69. The molecule has 4 rings (SSSR count). The van der Waals surface area contributed by atoms with Crippen LogP contribution in [-0.4, -0.2) is 55.2 Å². The van der Waals surface area contributed by atoms with E-state index in [1.165, 1.54) is 4.31 Å². The highest BCUT2D eigenvalue weighted by Crippen LogP contribution is 2.32. The van der Waals surface area contributed by atoms with Crippen LogP contribution in [0.5, 0.6) is 5.75 Å². The number of carbonyl (C=O) groups excluding carboxylic acids is 1. The first-order chi connectivity index (χ1) is 15.8. The van der Waals surface area contributed by atoms with Crippen molar-refractivity contribution >= 4 is 21.6 Å². The van der Waals surface area contributed by atoms with Crippen LogP contribution in [0.1, 0.15) is 35.5 Å². The Labute approximate surface area is 194 Å². The number of anilines is 1. The summed E-state index contributed by atoms with van der Waals surface area (Å²) in [7, 11) is -1.95. The van der Waals surface area contributed by atoms with Crippen LogP contribution in [-0.2, 0) is 16.4 Å². The Kier molecular flexibility index (Phi) is 6.27. The molecular formula is C24H28N4O4S. The van der Waals surface area contributed by atoms with Crippen molar-refractivity contribution in [2.45, 2.75) is 32.1 Å². The molecule has 3 aromatic rings. The van der Waals surface area contributed by atoms with Gasteiger partial charge in [0.15, 0.2) is 5.69 Å². The summed E-state index contributed by atoms with van der Waals surface area (Å²) < 4.78 is 34.2. The number of sulfonamides is 1. The molecule has 0 aliphatic carbocycles. The lowest BCUT2D eigenvalue weighted by Crippen LogP contribution is -2.31. The largest absolute Gasteiger partial charge is 0.494 e. The van der Waals surface area contributed by atoms with Gasteiger partial charge in [0, 0.05) is 31.5 Å². The molecule has 0 saturated heterocycles.